The first-order valence-electron chi connectivity index (χ1n) is 5.96. The van der Waals surface area contributed by atoms with Crippen LogP contribution in [0.4, 0.5) is 11.4 Å². The molecule has 0 aromatic heterocycles. The minimum Gasteiger partial charge on any atom is -0.392 e. The standard InChI is InChI=1S/C14H13ClN2O3/c15-12-4-5-13(14(7-12)17(19)20)16-8-10-2-1-3-11(6-10)9-18/h1-7,16,18H,8-9H2. The van der Waals surface area contributed by atoms with E-state index in [1.165, 1.54) is 6.07 Å². The molecule has 2 aromatic carbocycles. The number of anilines is 1. The van der Waals surface area contributed by atoms with E-state index < -0.39 is 4.92 Å². The van der Waals surface area contributed by atoms with Gasteiger partial charge >= 0.3 is 0 Å². The summed E-state index contributed by atoms with van der Waals surface area (Å²) in [7, 11) is 0. The topological polar surface area (TPSA) is 75.4 Å². The molecular weight excluding hydrogens is 280 g/mol. The molecule has 0 amide bonds. The van der Waals surface area contributed by atoms with E-state index in [0.717, 1.165) is 11.1 Å². The molecule has 0 fully saturated rings. The van der Waals surface area contributed by atoms with Crippen LogP contribution in [0.1, 0.15) is 11.1 Å². The first-order valence-corrected chi connectivity index (χ1v) is 6.34. The Bertz CT molecular complexity index is 632. The zero-order valence-corrected chi connectivity index (χ0v) is 11.3. The number of hydrogen-bond donors (Lipinski definition) is 2. The van der Waals surface area contributed by atoms with E-state index in [1.54, 1.807) is 12.1 Å². The van der Waals surface area contributed by atoms with Crippen LogP contribution in [0.3, 0.4) is 0 Å². The number of nitro groups is 1. The van der Waals surface area contributed by atoms with Crippen LogP contribution in [0, 0.1) is 10.1 Å². The fourth-order valence-corrected chi connectivity index (χ4v) is 2.01. The summed E-state index contributed by atoms with van der Waals surface area (Å²) >= 11 is 5.76. The number of halogens is 1. The molecule has 5 nitrogen and oxygen atoms in total. The third-order valence-electron chi connectivity index (χ3n) is 2.81. The number of rotatable bonds is 5. The highest BCUT2D eigenvalue weighted by Gasteiger charge is 2.13. The number of aliphatic hydroxyl groups is 1. The molecule has 20 heavy (non-hydrogen) atoms. The maximum absolute atomic E-state index is 11.0. The zero-order valence-electron chi connectivity index (χ0n) is 10.5. The summed E-state index contributed by atoms with van der Waals surface area (Å²) < 4.78 is 0. The normalized spacial score (nSPS) is 10.3. The molecule has 2 rings (SSSR count). The van der Waals surface area contributed by atoms with Gasteiger partial charge in [-0.25, -0.2) is 0 Å². The molecule has 0 unspecified atom stereocenters. The summed E-state index contributed by atoms with van der Waals surface area (Å²) in [5.41, 5.74) is 2.08. The van der Waals surface area contributed by atoms with Crippen molar-refractivity contribution in [3.8, 4) is 0 Å². The van der Waals surface area contributed by atoms with Crippen molar-refractivity contribution in [2.24, 2.45) is 0 Å². The fraction of sp³-hybridized carbons (Fsp3) is 0.143. The maximum Gasteiger partial charge on any atom is 0.293 e. The third kappa shape index (κ3) is 3.46. The molecule has 2 N–H and O–H groups in total. The monoisotopic (exact) mass is 292 g/mol. The van der Waals surface area contributed by atoms with Crippen LogP contribution in [0.5, 0.6) is 0 Å². The summed E-state index contributed by atoms with van der Waals surface area (Å²) in [6, 6.07) is 11.9. The lowest BCUT2D eigenvalue weighted by Crippen LogP contribution is -2.03. The van der Waals surface area contributed by atoms with Crippen LogP contribution in [0.25, 0.3) is 0 Å². The summed E-state index contributed by atoms with van der Waals surface area (Å²) in [5.74, 6) is 0. The number of nitro benzene ring substituents is 1. The van der Waals surface area contributed by atoms with Gasteiger partial charge in [-0.15, -0.1) is 0 Å². The van der Waals surface area contributed by atoms with Gasteiger partial charge in [0.25, 0.3) is 5.69 Å². The first-order chi connectivity index (χ1) is 9.60. The molecule has 0 radical (unpaired) electrons. The van der Waals surface area contributed by atoms with E-state index >= 15 is 0 Å². The maximum atomic E-state index is 11.0. The lowest BCUT2D eigenvalue weighted by Gasteiger charge is -2.08. The summed E-state index contributed by atoms with van der Waals surface area (Å²) in [4.78, 5) is 10.5. The number of nitrogens with one attached hydrogen (secondary N) is 1. The molecule has 0 spiro atoms. The van der Waals surface area contributed by atoms with Gasteiger partial charge in [0.05, 0.1) is 11.5 Å². The van der Waals surface area contributed by atoms with Crippen molar-refractivity contribution in [2.75, 3.05) is 5.32 Å². The van der Waals surface area contributed by atoms with Crippen LogP contribution in [0.2, 0.25) is 5.02 Å². The Kier molecular flexibility index (Phi) is 4.55. The Morgan fingerprint density at radius 1 is 1.20 bits per heavy atom. The minimum atomic E-state index is -0.474. The van der Waals surface area contributed by atoms with Crippen LogP contribution in [0.15, 0.2) is 42.5 Å². The lowest BCUT2D eigenvalue weighted by molar-refractivity contribution is -0.383. The van der Waals surface area contributed by atoms with E-state index in [9.17, 15) is 10.1 Å². The summed E-state index contributed by atoms with van der Waals surface area (Å²) in [6.45, 7) is 0.394. The Balaban J connectivity index is 2.16. The van der Waals surface area contributed by atoms with Gasteiger partial charge in [0.15, 0.2) is 0 Å². The Morgan fingerprint density at radius 3 is 2.65 bits per heavy atom. The number of aliphatic hydroxyl groups excluding tert-OH is 1. The van der Waals surface area contributed by atoms with Crippen LogP contribution < -0.4 is 5.32 Å². The largest absolute Gasteiger partial charge is 0.392 e. The van der Waals surface area contributed by atoms with Crippen LogP contribution in [-0.2, 0) is 13.2 Å². The highest BCUT2D eigenvalue weighted by atomic mass is 35.5. The Labute approximate surface area is 121 Å². The van der Waals surface area contributed by atoms with Gasteiger partial charge in [0.1, 0.15) is 5.69 Å². The van der Waals surface area contributed by atoms with Gasteiger partial charge in [-0.3, -0.25) is 10.1 Å². The van der Waals surface area contributed by atoms with Crippen molar-refractivity contribution in [3.63, 3.8) is 0 Å². The zero-order chi connectivity index (χ0) is 14.5. The Hall–Kier alpha value is -2.11. The third-order valence-corrected chi connectivity index (χ3v) is 3.05. The highest BCUT2D eigenvalue weighted by molar-refractivity contribution is 6.30. The number of nitrogens with zero attached hydrogens (tertiary/aromatic N) is 1. The molecule has 0 aliphatic rings. The van der Waals surface area contributed by atoms with E-state index in [1.807, 2.05) is 24.3 Å². The second-order valence-electron chi connectivity index (χ2n) is 4.25. The summed E-state index contributed by atoms with van der Waals surface area (Å²) in [6.07, 6.45) is 0. The van der Waals surface area contributed by atoms with Gasteiger partial charge in [0, 0.05) is 17.6 Å². The van der Waals surface area contributed by atoms with Crippen molar-refractivity contribution in [3.05, 3.63) is 68.7 Å². The average Bonchev–Trinajstić information content (AvgIpc) is 2.46. The molecule has 0 bridgehead atoms. The van der Waals surface area contributed by atoms with E-state index in [-0.39, 0.29) is 12.3 Å². The molecule has 0 saturated carbocycles. The van der Waals surface area contributed by atoms with Crippen molar-refractivity contribution < 1.29 is 10.0 Å². The molecule has 0 atom stereocenters. The molecule has 2 aromatic rings. The van der Waals surface area contributed by atoms with Gasteiger partial charge in [0.2, 0.25) is 0 Å². The smallest absolute Gasteiger partial charge is 0.293 e. The van der Waals surface area contributed by atoms with Crippen molar-refractivity contribution in [1.82, 2.24) is 0 Å². The molecule has 0 aliphatic heterocycles. The summed E-state index contributed by atoms with van der Waals surface area (Å²) in [5, 5.41) is 23.4. The second kappa shape index (κ2) is 6.36. The van der Waals surface area contributed by atoms with E-state index in [4.69, 9.17) is 16.7 Å². The van der Waals surface area contributed by atoms with Gasteiger partial charge in [-0.1, -0.05) is 35.9 Å². The SMILES string of the molecule is O=[N+]([O-])c1cc(Cl)ccc1NCc1cccc(CO)c1. The molecule has 6 heteroatoms. The predicted octanol–water partition coefficient (Wildman–Crippen LogP) is 3.35. The van der Waals surface area contributed by atoms with Crippen molar-refractivity contribution in [2.45, 2.75) is 13.2 Å². The average molecular weight is 293 g/mol. The van der Waals surface area contributed by atoms with Crippen LogP contribution in [-0.4, -0.2) is 10.0 Å². The predicted molar refractivity (Wildman–Crippen MR) is 77.8 cm³/mol. The number of benzene rings is 2. The second-order valence-corrected chi connectivity index (χ2v) is 4.69. The van der Waals surface area contributed by atoms with Crippen molar-refractivity contribution >= 4 is 23.0 Å². The molecular formula is C14H13ClN2O3. The van der Waals surface area contributed by atoms with Gasteiger partial charge in [-0.2, -0.15) is 0 Å². The van der Waals surface area contributed by atoms with E-state index in [2.05, 4.69) is 5.32 Å². The van der Waals surface area contributed by atoms with Crippen molar-refractivity contribution in [1.29, 1.82) is 0 Å². The molecule has 0 heterocycles. The molecule has 104 valence electrons. The quantitative estimate of drug-likeness (QED) is 0.654. The molecule has 0 aliphatic carbocycles. The fourth-order valence-electron chi connectivity index (χ4n) is 1.84. The number of hydrogen-bond acceptors (Lipinski definition) is 4. The lowest BCUT2D eigenvalue weighted by atomic mass is 10.1. The van der Waals surface area contributed by atoms with Gasteiger partial charge < -0.3 is 10.4 Å². The van der Waals surface area contributed by atoms with Crippen LogP contribution >= 0.6 is 11.6 Å². The highest BCUT2D eigenvalue weighted by Crippen LogP contribution is 2.28. The van der Waals surface area contributed by atoms with E-state index in [0.29, 0.717) is 17.3 Å². The first kappa shape index (κ1) is 14.3. The van der Waals surface area contributed by atoms with Gasteiger partial charge in [-0.05, 0) is 23.3 Å². The Morgan fingerprint density at radius 2 is 1.95 bits per heavy atom. The minimum absolute atomic E-state index is 0.0328. The molecule has 0 saturated heterocycles.